The van der Waals surface area contributed by atoms with Gasteiger partial charge in [0.25, 0.3) is 0 Å². The van der Waals surface area contributed by atoms with Crippen molar-refractivity contribution in [3.8, 4) is 0 Å². The van der Waals surface area contributed by atoms with Crippen LogP contribution in [0.25, 0.3) is 0 Å². The van der Waals surface area contributed by atoms with Crippen LogP contribution in [0.1, 0.15) is 206 Å². The van der Waals surface area contributed by atoms with E-state index in [2.05, 4.69) is 13.8 Å². The Labute approximate surface area is 361 Å². The van der Waals surface area contributed by atoms with Gasteiger partial charge >= 0.3 is 19.8 Å². The van der Waals surface area contributed by atoms with Gasteiger partial charge < -0.3 is 44.6 Å². The van der Waals surface area contributed by atoms with E-state index in [9.17, 15) is 44.6 Å². The monoisotopic (exact) mass is 881 g/mol. The van der Waals surface area contributed by atoms with Crippen LogP contribution >= 0.6 is 7.82 Å². The van der Waals surface area contributed by atoms with E-state index < -0.39 is 75.7 Å². The van der Waals surface area contributed by atoms with Crippen molar-refractivity contribution >= 4 is 19.8 Å². The third-order valence-corrected chi connectivity index (χ3v) is 12.8. The first-order valence-corrected chi connectivity index (χ1v) is 25.5. The van der Waals surface area contributed by atoms with Crippen molar-refractivity contribution < 1.29 is 67.8 Å². The van der Waals surface area contributed by atoms with Crippen LogP contribution in [0, 0.1) is 0 Å². The lowest BCUT2D eigenvalue weighted by Gasteiger charge is -2.41. The van der Waals surface area contributed by atoms with E-state index in [1.165, 1.54) is 103 Å². The molecule has 1 aliphatic carbocycles. The largest absolute Gasteiger partial charge is 0.472 e. The summed E-state index contributed by atoms with van der Waals surface area (Å²) in [5, 5.41) is 50.2. The van der Waals surface area contributed by atoms with Crippen LogP contribution in [0.4, 0.5) is 0 Å². The maximum absolute atomic E-state index is 12.8. The van der Waals surface area contributed by atoms with Crippen molar-refractivity contribution in [1.29, 1.82) is 0 Å². The van der Waals surface area contributed by atoms with Crippen molar-refractivity contribution in [2.45, 2.75) is 261 Å². The second-order valence-electron chi connectivity index (χ2n) is 17.4. The molecule has 1 aliphatic heterocycles. The van der Waals surface area contributed by atoms with Gasteiger partial charge in [-0.25, -0.2) is 4.57 Å². The van der Waals surface area contributed by atoms with E-state index in [-0.39, 0.29) is 12.8 Å². The molecule has 0 amide bonds. The zero-order valence-corrected chi connectivity index (χ0v) is 38.1. The number of epoxide rings is 1. The molecule has 354 valence electrons. The van der Waals surface area contributed by atoms with E-state index in [0.29, 0.717) is 25.0 Å². The van der Waals surface area contributed by atoms with Crippen LogP contribution in [0.15, 0.2) is 0 Å². The van der Waals surface area contributed by atoms with Gasteiger partial charge in [0.15, 0.2) is 6.10 Å². The van der Waals surface area contributed by atoms with E-state index in [4.69, 9.17) is 23.3 Å². The second-order valence-corrected chi connectivity index (χ2v) is 18.8. The molecule has 14 nitrogen and oxygen atoms in total. The number of aliphatic hydroxyl groups excluding tert-OH is 5. The fourth-order valence-corrected chi connectivity index (χ4v) is 8.87. The molecule has 8 unspecified atom stereocenters. The normalized spacial score (nSPS) is 25.5. The summed E-state index contributed by atoms with van der Waals surface area (Å²) in [5.41, 5.74) is 0. The molecule has 0 aromatic heterocycles. The highest BCUT2D eigenvalue weighted by molar-refractivity contribution is 7.47. The first-order chi connectivity index (χ1) is 28.9. The van der Waals surface area contributed by atoms with Crippen LogP contribution < -0.4 is 0 Å². The lowest BCUT2D eigenvalue weighted by atomic mass is 9.85. The molecule has 1 saturated carbocycles. The second kappa shape index (κ2) is 33.3. The minimum Gasteiger partial charge on any atom is -0.462 e. The molecule has 0 bridgehead atoms. The summed E-state index contributed by atoms with van der Waals surface area (Å²) >= 11 is 0. The molecule has 0 radical (unpaired) electrons. The molecule has 0 aromatic rings. The first kappa shape index (κ1) is 54.9. The smallest absolute Gasteiger partial charge is 0.462 e. The third kappa shape index (κ3) is 25.2. The Bertz CT molecular complexity index is 1130. The van der Waals surface area contributed by atoms with Gasteiger partial charge in [0.2, 0.25) is 0 Å². The molecule has 1 saturated heterocycles. The Kier molecular flexibility index (Phi) is 30.5. The maximum Gasteiger partial charge on any atom is 0.472 e. The molecular formula is C45H85O14P. The number of phosphoric ester groups is 1. The Morgan fingerprint density at radius 2 is 0.883 bits per heavy atom. The quantitative estimate of drug-likeness (QED) is 0.0148. The summed E-state index contributed by atoms with van der Waals surface area (Å²) in [5.74, 6) is -1.10. The predicted octanol–water partition coefficient (Wildman–Crippen LogP) is 8.27. The zero-order chi connectivity index (χ0) is 44.0. The average molecular weight is 881 g/mol. The van der Waals surface area contributed by atoms with Crippen LogP contribution in [0.5, 0.6) is 0 Å². The minimum absolute atomic E-state index is 0.0914. The topological polar surface area (TPSA) is 222 Å². The summed E-state index contributed by atoms with van der Waals surface area (Å²) < 4.78 is 39.4. The molecule has 8 atom stereocenters. The Hall–Kier alpha value is -1.19. The van der Waals surface area contributed by atoms with Gasteiger partial charge in [0, 0.05) is 12.8 Å². The zero-order valence-electron chi connectivity index (χ0n) is 37.2. The number of hydrogen-bond acceptors (Lipinski definition) is 13. The molecule has 2 rings (SSSR count). The van der Waals surface area contributed by atoms with Crippen molar-refractivity contribution in [3.05, 3.63) is 0 Å². The highest BCUT2D eigenvalue weighted by atomic mass is 31.2. The van der Waals surface area contributed by atoms with Crippen LogP contribution in [-0.4, -0.2) is 111 Å². The van der Waals surface area contributed by atoms with Crippen molar-refractivity contribution in [2.24, 2.45) is 0 Å². The summed E-state index contributed by atoms with van der Waals surface area (Å²) in [6.07, 6.45) is 20.3. The summed E-state index contributed by atoms with van der Waals surface area (Å²) in [4.78, 5) is 35.7. The van der Waals surface area contributed by atoms with Gasteiger partial charge in [-0.1, -0.05) is 168 Å². The number of carbonyl (C=O) groups is 2. The molecule has 1 heterocycles. The Morgan fingerprint density at radius 1 is 0.517 bits per heavy atom. The molecule has 0 spiro atoms. The highest BCUT2D eigenvalue weighted by Gasteiger charge is 2.51. The number of rotatable bonds is 39. The number of esters is 2. The third-order valence-electron chi connectivity index (χ3n) is 11.9. The molecule has 15 heteroatoms. The van der Waals surface area contributed by atoms with Crippen molar-refractivity contribution in [1.82, 2.24) is 0 Å². The highest BCUT2D eigenvalue weighted by Crippen LogP contribution is 2.47. The molecule has 60 heavy (non-hydrogen) atoms. The van der Waals surface area contributed by atoms with Gasteiger partial charge in [-0.15, -0.1) is 0 Å². The van der Waals surface area contributed by atoms with E-state index in [1.54, 1.807) is 0 Å². The molecule has 2 aliphatic rings. The van der Waals surface area contributed by atoms with Crippen LogP contribution in [0.2, 0.25) is 0 Å². The van der Waals surface area contributed by atoms with Gasteiger partial charge in [0.1, 0.15) is 43.2 Å². The summed E-state index contributed by atoms with van der Waals surface area (Å²) in [6.45, 7) is 3.29. The Balaban J connectivity index is 1.68. The molecule has 2 fully saturated rings. The molecule has 6 N–H and O–H groups in total. The number of phosphoric acid groups is 1. The fourth-order valence-electron chi connectivity index (χ4n) is 7.90. The van der Waals surface area contributed by atoms with Crippen LogP contribution in [-0.2, 0) is 37.4 Å². The van der Waals surface area contributed by atoms with Crippen molar-refractivity contribution in [2.75, 3.05) is 13.2 Å². The Morgan fingerprint density at radius 3 is 1.33 bits per heavy atom. The van der Waals surface area contributed by atoms with Gasteiger partial charge in [-0.2, -0.15) is 0 Å². The van der Waals surface area contributed by atoms with E-state index in [1.807, 2.05) is 0 Å². The number of hydrogen-bond donors (Lipinski definition) is 6. The number of ether oxygens (including phenoxy) is 3. The lowest BCUT2D eigenvalue weighted by molar-refractivity contribution is -0.220. The SMILES string of the molecule is CCCCCCCCCCCCCCCCCC(=O)OCC(COP(=O)(O)OC1C(O)C(O)C(O)C(O)C1O)OC(=O)CCCCCCCCCC1OC1CCCCCC. The molecule has 0 aromatic carbocycles. The number of unbranched alkanes of at least 4 members (excludes halogenated alkanes) is 23. The van der Waals surface area contributed by atoms with E-state index in [0.717, 1.165) is 64.2 Å². The van der Waals surface area contributed by atoms with Crippen LogP contribution in [0.3, 0.4) is 0 Å². The maximum atomic E-state index is 12.8. The van der Waals surface area contributed by atoms with Gasteiger partial charge in [0.05, 0.1) is 18.8 Å². The molecular weight excluding hydrogens is 795 g/mol. The predicted molar refractivity (Wildman–Crippen MR) is 230 cm³/mol. The number of aliphatic hydroxyl groups is 5. The van der Waals surface area contributed by atoms with Gasteiger partial charge in [-0.05, 0) is 25.7 Å². The summed E-state index contributed by atoms with van der Waals surface area (Å²) in [7, 11) is -5.12. The standard InChI is InChI=1S/C45H85O14P/c1-3-5-7-9-10-11-12-13-14-15-16-17-20-23-27-31-38(46)55-33-35(34-56-60(53,54)59-45-43(51)41(49)40(48)42(50)44(45)52)57-39(47)32-28-24-21-18-19-22-26-30-37-36(58-37)29-25-8-6-4-2/h35-37,40-45,48-52H,3-34H2,1-2H3,(H,53,54). The van der Waals surface area contributed by atoms with Gasteiger partial charge in [-0.3, -0.25) is 18.6 Å². The lowest BCUT2D eigenvalue weighted by Crippen LogP contribution is -2.64. The minimum atomic E-state index is -5.12. The first-order valence-electron chi connectivity index (χ1n) is 24.0. The average Bonchev–Trinajstić information content (AvgIpc) is 3.99. The fraction of sp³-hybridized carbons (Fsp3) is 0.956. The summed E-state index contributed by atoms with van der Waals surface area (Å²) in [6, 6.07) is 0. The van der Waals surface area contributed by atoms with E-state index >= 15 is 0 Å². The van der Waals surface area contributed by atoms with Crippen molar-refractivity contribution in [3.63, 3.8) is 0 Å². The number of carbonyl (C=O) groups excluding carboxylic acids is 2.